The summed E-state index contributed by atoms with van der Waals surface area (Å²) in [6, 6.07) is 13.6. The van der Waals surface area contributed by atoms with Gasteiger partial charge in [0.15, 0.2) is 0 Å². The quantitative estimate of drug-likeness (QED) is 0.775. The fourth-order valence-electron chi connectivity index (χ4n) is 1.51. The highest BCUT2D eigenvalue weighted by Crippen LogP contribution is 2.32. The first-order valence-electron chi connectivity index (χ1n) is 4.80. The summed E-state index contributed by atoms with van der Waals surface area (Å²) in [6.45, 7) is 0. The molecule has 0 fully saturated rings. The molecule has 0 atom stereocenters. The van der Waals surface area contributed by atoms with Gasteiger partial charge in [0.05, 0.1) is 7.11 Å². The number of hydrogen-bond donors (Lipinski definition) is 0. The molecular formula is C13H10BrClO. The fourth-order valence-corrected chi connectivity index (χ4v) is 2.13. The van der Waals surface area contributed by atoms with Crippen LogP contribution in [-0.4, -0.2) is 7.11 Å². The standard InChI is InChI=1S/C13H10BrClO/c1-16-11-5-6-13(15)12(8-11)9-3-2-4-10(14)7-9/h2-8H,1H3. The Morgan fingerprint density at radius 1 is 1.12 bits per heavy atom. The van der Waals surface area contributed by atoms with Crippen LogP contribution in [0, 0.1) is 0 Å². The Morgan fingerprint density at radius 2 is 1.94 bits per heavy atom. The van der Waals surface area contributed by atoms with Crippen molar-refractivity contribution >= 4 is 27.5 Å². The first-order chi connectivity index (χ1) is 7.70. The number of ether oxygens (including phenoxy) is 1. The molecule has 16 heavy (non-hydrogen) atoms. The summed E-state index contributed by atoms with van der Waals surface area (Å²) in [5.74, 6) is 0.805. The third-order valence-corrected chi connectivity index (χ3v) is 3.13. The minimum Gasteiger partial charge on any atom is -0.497 e. The Kier molecular flexibility index (Phi) is 3.52. The molecule has 2 rings (SSSR count). The maximum absolute atomic E-state index is 6.17. The Hall–Kier alpha value is -0.990. The zero-order valence-corrected chi connectivity index (χ0v) is 11.0. The second-order valence-electron chi connectivity index (χ2n) is 3.36. The van der Waals surface area contributed by atoms with Gasteiger partial charge in [-0.2, -0.15) is 0 Å². The van der Waals surface area contributed by atoms with Crippen LogP contribution >= 0.6 is 27.5 Å². The lowest BCUT2D eigenvalue weighted by atomic mass is 10.1. The van der Waals surface area contributed by atoms with Crippen molar-refractivity contribution in [2.24, 2.45) is 0 Å². The average molecular weight is 298 g/mol. The van der Waals surface area contributed by atoms with Gasteiger partial charge in [-0.05, 0) is 35.9 Å². The molecule has 2 aromatic carbocycles. The number of rotatable bonds is 2. The van der Waals surface area contributed by atoms with Crippen LogP contribution in [0.4, 0.5) is 0 Å². The topological polar surface area (TPSA) is 9.23 Å². The highest BCUT2D eigenvalue weighted by atomic mass is 79.9. The molecule has 0 heterocycles. The van der Waals surface area contributed by atoms with E-state index in [-0.39, 0.29) is 0 Å². The van der Waals surface area contributed by atoms with Crippen LogP contribution < -0.4 is 4.74 Å². The summed E-state index contributed by atoms with van der Waals surface area (Å²) in [7, 11) is 1.65. The van der Waals surface area contributed by atoms with Crippen LogP contribution in [-0.2, 0) is 0 Å². The first-order valence-corrected chi connectivity index (χ1v) is 5.97. The molecule has 0 aliphatic rings. The molecule has 0 bridgehead atoms. The molecule has 0 N–H and O–H groups in total. The molecule has 0 aliphatic heterocycles. The smallest absolute Gasteiger partial charge is 0.119 e. The molecule has 0 saturated heterocycles. The molecule has 0 aliphatic carbocycles. The predicted molar refractivity (Wildman–Crippen MR) is 71.1 cm³/mol. The number of benzene rings is 2. The van der Waals surface area contributed by atoms with Crippen LogP contribution in [0.1, 0.15) is 0 Å². The zero-order chi connectivity index (χ0) is 11.5. The van der Waals surface area contributed by atoms with Gasteiger partial charge in [0, 0.05) is 15.1 Å². The van der Waals surface area contributed by atoms with E-state index < -0.39 is 0 Å². The lowest BCUT2D eigenvalue weighted by molar-refractivity contribution is 0.415. The summed E-state index contributed by atoms with van der Waals surface area (Å²) in [5.41, 5.74) is 2.04. The molecule has 1 nitrogen and oxygen atoms in total. The van der Waals surface area contributed by atoms with E-state index in [1.54, 1.807) is 7.11 Å². The Balaban J connectivity index is 2.54. The zero-order valence-electron chi connectivity index (χ0n) is 8.71. The maximum Gasteiger partial charge on any atom is 0.119 e. The SMILES string of the molecule is COc1ccc(Cl)c(-c2cccc(Br)c2)c1. The normalized spacial score (nSPS) is 10.2. The average Bonchev–Trinajstić information content (AvgIpc) is 2.30. The number of methoxy groups -OCH3 is 1. The van der Waals surface area contributed by atoms with Gasteiger partial charge in [-0.15, -0.1) is 0 Å². The van der Waals surface area contributed by atoms with Crippen molar-refractivity contribution in [3.8, 4) is 16.9 Å². The fraction of sp³-hybridized carbons (Fsp3) is 0.0769. The number of hydrogen-bond acceptors (Lipinski definition) is 1. The van der Waals surface area contributed by atoms with E-state index in [9.17, 15) is 0 Å². The van der Waals surface area contributed by atoms with Crippen LogP contribution in [0.3, 0.4) is 0 Å². The van der Waals surface area contributed by atoms with E-state index >= 15 is 0 Å². The highest BCUT2D eigenvalue weighted by Gasteiger charge is 2.05. The summed E-state index contributed by atoms with van der Waals surface area (Å²) >= 11 is 9.61. The van der Waals surface area contributed by atoms with E-state index in [1.165, 1.54) is 0 Å². The molecule has 0 saturated carbocycles. The second-order valence-corrected chi connectivity index (χ2v) is 4.68. The van der Waals surface area contributed by atoms with Crippen LogP contribution in [0.5, 0.6) is 5.75 Å². The largest absolute Gasteiger partial charge is 0.497 e. The Labute approximate surface area is 108 Å². The molecule has 0 radical (unpaired) electrons. The van der Waals surface area contributed by atoms with E-state index in [0.29, 0.717) is 0 Å². The Bertz CT molecular complexity index is 511. The third kappa shape index (κ3) is 2.39. The highest BCUT2D eigenvalue weighted by molar-refractivity contribution is 9.10. The van der Waals surface area contributed by atoms with Crippen LogP contribution in [0.2, 0.25) is 5.02 Å². The Morgan fingerprint density at radius 3 is 2.62 bits per heavy atom. The summed E-state index contributed by atoms with van der Waals surface area (Å²) in [5, 5.41) is 0.721. The molecule has 3 heteroatoms. The molecular weight excluding hydrogens is 287 g/mol. The van der Waals surface area contributed by atoms with Crippen molar-refractivity contribution in [1.29, 1.82) is 0 Å². The van der Waals surface area contributed by atoms with Crippen molar-refractivity contribution in [2.45, 2.75) is 0 Å². The lowest BCUT2D eigenvalue weighted by Crippen LogP contribution is -1.85. The van der Waals surface area contributed by atoms with E-state index in [2.05, 4.69) is 15.9 Å². The summed E-state index contributed by atoms with van der Waals surface area (Å²) in [6.07, 6.45) is 0. The molecule has 2 aromatic rings. The molecule has 0 spiro atoms. The van der Waals surface area contributed by atoms with Gasteiger partial charge < -0.3 is 4.74 Å². The van der Waals surface area contributed by atoms with Crippen molar-refractivity contribution in [2.75, 3.05) is 7.11 Å². The van der Waals surface area contributed by atoms with Gasteiger partial charge >= 0.3 is 0 Å². The molecule has 82 valence electrons. The summed E-state index contributed by atoms with van der Waals surface area (Å²) < 4.78 is 6.22. The molecule has 0 amide bonds. The van der Waals surface area contributed by atoms with Gasteiger partial charge in [0.2, 0.25) is 0 Å². The lowest BCUT2D eigenvalue weighted by Gasteiger charge is -2.07. The third-order valence-electron chi connectivity index (χ3n) is 2.31. The van der Waals surface area contributed by atoms with E-state index in [0.717, 1.165) is 26.4 Å². The van der Waals surface area contributed by atoms with Crippen molar-refractivity contribution in [3.05, 3.63) is 52.0 Å². The first kappa shape index (κ1) is 11.5. The van der Waals surface area contributed by atoms with Gasteiger partial charge in [-0.25, -0.2) is 0 Å². The monoisotopic (exact) mass is 296 g/mol. The van der Waals surface area contributed by atoms with Crippen LogP contribution in [0.15, 0.2) is 46.9 Å². The number of halogens is 2. The van der Waals surface area contributed by atoms with Crippen molar-refractivity contribution < 1.29 is 4.74 Å². The van der Waals surface area contributed by atoms with E-state index in [4.69, 9.17) is 16.3 Å². The van der Waals surface area contributed by atoms with Gasteiger partial charge in [-0.1, -0.05) is 39.7 Å². The van der Waals surface area contributed by atoms with Gasteiger partial charge in [0.1, 0.15) is 5.75 Å². The minimum atomic E-state index is 0.721. The molecule has 0 unspecified atom stereocenters. The predicted octanol–water partition coefficient (Wildman–Crippen LogP) is 4.78. The van der Waals surface area contributed by atoms with E-state index in [1.807, 2.05) is 42.5 Å². The minimum absolute atomic E-state index is 0.721. The van der Waals surface area contributed by atoms with Gasteiger partial charge in [-0.3, -0.25) is 0 Å². The molecule has 0 aromatic heterocycles. The van der Waals surface area contributed by atoms with Crippen LogP contribution in [0.25, 0.3) is 11.1 Å². The maximum atomic E-state index is 6.17. The van der Waals surface area contributed by atoms with Crippen molar-refractivity contribution in [1.82, 2.24) is 0 Å². The second kappa shape index (κ2) is 4.89. The summed E-state index contributed by atoms with van der Waals surface area (Å²) in [4.78, 5) is 0. The van der Waals surface area contributed by atoms with Crippen molar-refractivity contribution in [3.63, 3.8) is 0 Å². The van der Waals surface area contributed by atoms with Gasteiger partial charge in [0.25, 0.3) is 0 Å².